The number of nitrogens with one attached hydrogen (secondary N) is 2. The molecule has 1 heterocycles. The number of carboxylic acids is 1. The summed E-state index contributed by atoms with van der Waals surface area (Å²) < 4.78 is 1.60. The first-order valence-electron chi connectivity index (χ1n) is 6.08. The van der Waals surface area contributed by atoms with Gasteiger partial charge in [0.1, 0.15) is 6.33 Å². The average molecular weight is 269 g/mol. The van der Waals surface area contributed by atoms with Crippen LogP contribution in [0.1, 0.15) is 25.6 Å². The Morgan fingerprint density at radius 2 is 2.26 bits per heavy atom. The predicted octanol–water partition coefficient (Wildman–Crippen LogP) is -0.0899. The van der Waals surface area contributed by atoms with Gasteiger partial charge in [0.15, 0.2) is 5.82 Å². The van der Waals surface area contributed by atoms with E-state index in [1.54, 1.807) is 25.0 Å². The third-order valence-electron chi connectivity index (χ3n) is 2.45. The van der Waals surface area contributed by atoms with Crippen molar-refractivity contribution in [2.45, 2.75) is 32.2 Å². The van der Waals surface area contributed by atoms with E-state index in [2.05, 4.69) is 20.7 Å². The zero-order chi connectivity index (χ0) is 14.3. The van der Waals surface area contributed by atoms with E-state index in [-0.39, 0.29) is 18.5 Å². The van der Waals surface area contributed by atoms with E-state index in [9.17, 15) is 9.59 Å². The first-order valence-corrected chi connectivity index (χ1v) is 6.08. The molecule has 8 nitrogen and oxygen atoms in total. The van der Waals surface area contributed by atoms with Crippen molar-refractivity contribution in [2.24, 2.45) is 7.05 Å². The van der Waals surface area contributed by atoms with Crippen molar-refractivity contribution in [1.82, 2.24) is 25.4 Å². The van der Waals surface area contributed by atoms with Crippen LogP contribution in [-0.4, -0.2) is 44.5 Å². The van der Waals surface area contributed by atoms with E-state index in [4.69, 9.17) is 5.11 Å². The zero-order valence-electron chi connectivity index (χ0n) is 11.1. The second-order valence-electron chi connectivity index (χ2n) is 4.32. The number of aryl methyl sites for hydroxylation is 1. The van der Waals surface area contributed by atoms with Gasteiger partial charge in [-0.3, -0.25) is 9.48 Å². The normalized spacial score (nSPS) is 11.9. The molecule has 1 atom stereocenters. The molecule has 1 aromatic heterocycles. The molecule has 0 aliphatic rings. The topological polar surface area (TPSA) is 109 Å². The lowest BCUT2D eigenvalue weighted by Gasteiger charge is -2.13. The van der Waals surface area contributed by atoms with Gasteiger partial charge in [-0.2, -0.15) is 5.10 Å². The number of urea groups is 1. The van der Waals surface area contributed by atoms with Gasteiger partial charge in [-0.05, 0) is 13.3 Å². The molecule has 0 radical (unpaired) electrons. The Morgan fingerprint density at radius 3 is 2.84 bits per heavy atom. The van der Waals surface area contributed by atoms with Crippen molar-refractivity contribution in [1.29, 1.82) is 0 Å². The Balaban J connectivity index is 2.15. The van der Waals surface area contributed by atoms with Crippen molar-refractivity contribution in [3.8, 4) is 0 Å². The molecule has 0 fully saturated rings. The molecule has 0 saturated carbocycles. The zero-order valence-corrected chi connectivity index (χ0v) is 11.1. The highest BCUT2D eigenvalue weighted by Crippen LogP contribution is 1.96. The fourth-order valence-corrected chi connectivity index (χ4v) is 1.47. The highest BCUT2D eigenvalue weighted by molar-refractivity contribution is 5.74. The van der Waals surface area contributed by atoms with E-state index in [1.807, 2.05) is 0 Å². The number of aliphatic carboxylic acids is 1. The van der Waals surface area contributed by atoms with Crippen molar-refractivity contribution in [2.75, 3.05) is 6.54 Å². The van der Waals surface area contributed by atoms with Crippen LogP contribution in [0.3, 0.4) is 0 Å². The van der Waals surface area contributed by atoms with Crippen LogP contribution in [0.2, 0.25) is 0 Å². The maximum absolute atomic E-state index is 11.5. The highest BCUT2D eigenvalue weighted by Gasteiger charge is 2.08. The summed E-state index contributed by atoms with van der Waals surface area (Å²) in [6.07, 6.45) is 2.60. The number of carboxylic acid groups (broad SMARTS) is 1. The number of hydrogen-bond donors (Lipinski definition) is 3. The Hall–Kier alpha value is -2.12. The van der Waals surface area contributed by atoms with E-state index < -0.39 is 5.97 Å². The molecule has 0 aliphatic carbocycles. The first-order chi connectivity index (χ1) is 8.97. The molecular formula is C11H19N5O3. The minimum absolute atomic E-state index is 0.0410. The number of rotatable bonds is 7. The monoisotopic (exact) mass is 269 g/mol. The van der Waals surface area contributed by atoms with E-state index >= 15 is 0 Å². The molecule has 1 rings (SSSR count). The van der Waals surface area contributed by atoms with E-state index in [1.165, 1.54) is 0 Å². The minimum atomic E-state index is -0.865. The number of hydrogen-bond acceptors (Lipinski definition) is 4. The van der Waals surface area contributed by atoms with Gasteiger partial charge in [0.05, 0.1) is 0 Å². The third-order valence-corrected chi connectivity index (χ3v) is 2.45. The Kier molecular flexibility index (Phi) is 5.77. The summed E-state index contributed by atoms with van der Waals surface area (Å²) in [4.78, 5) is 25.9. The maximum Gasteiger partial charge on any atom is 0.315 e. The number of carbonyl (C=O) groups excluding carboxylic acids is 1. The molecule has 8 heteroatoms. The second-order valence-corrected chi connectivity index (χ2v) is 4.32. The van der Waals surface area contributed by atoms with Crippen molar-refractivity contribution < 1.29 is 14.7 Å². The summed E-state index contributed by atoms with van der Waals surface area (Å²) in [7, 11) is 1.78. The van der Waals surface area contributed by atoms with Crippen LogP contribution >= 0.6 is 0 Å². The van der Waals surface area contributed by atoms with Gasteiger partial charge in [-0.25, -0.2) is 9.78 Å². The molecule has 0 spiro atoms. The van der Waals surface area contributed by atoms with Crippen molar-refractivity contribution >= 4 is 12.0 Å². The van der Waals surface area contributed by atoms with Gasteiger partial charge < -0.3 is 15.7 Å². The van der Waals surface area contributed by atoms with Crippen LogP contribution in [0.25, 0.3) is 0 Å². The SMILES string of the molecule is CC(CCC(=O)O)NC(=O)NCCc1ncn(C)n1. The average Bonchev–Trinajstić information content (AvgIpc) is 2.72. The van der Waals surface area contributed by atoms with Gasteiger partial charge >= 0.3 is 12.0 Å². The summed E-state index contributed by atoms with van der Waals surface area (Å²) in [6.45, 7) is 2.20. The molecule has 3 N–H and O–H groups in total. The van der Waals surface area contributed by atoms with Gasteiger partial charge in [0, 0.05) is 32.5 Å². The van der Waals surface area contributed by atoms with Crippen LogP contribution in [0, 0.1) is 0 Å². The molecule has 106 valence electrons. The summed E-state index contributed by atoms with van der Waals surface area (Å²) in [6, 6.07) is -0.488. The molecule has 0 saturated heterocycles. The largest absolute Gasteiger partial charge is 0.481 e. The van der Waals surface area contributed by atoms with Gasteiger partial charge in [-0.15, -0.1) is 0 Å². The molecule has 1 unspecified atom stereocenters. The molecule has 19 heavy (non-hydrogen) atoms. The number of aromatic nitrogens is 3. The molecule has 2 amide bonds. The smallest absolute Gasteiger partial charge is 0.315 e. The lowest BCUT2D eigenvalue weighted by molar-refractivity contribution is -0.137. The summed E-state index contributed by atoms with van der Waals surface area (Å²) in [5.74, 6) is -0.197. The van der Waals surface area contributed by atoms with E-state index in [0.717, 1.165) is 0 Å². The molecule has 1 aromatic rings. The Labute approximate surface area is 111 Å². The quantitative estimate of drug-likeness (QED) is 0.641. The van der Waals surface area contributed by atoms with Crippen LogP contribution in [0.15, 0.2) is 6.33 Å². The van der Waals surface area contributed by atoms with Gasteiger partial charge in [-0.1, -0.05) is 0 Å². The fourth-order valence-electron chi connectivity index (χ4n) is 1.47. The van der Waals surface area contributed by atoms with Crippen LogP contribution in [0.4, 0.5) is 4.79 Å². The molecule has 0 aromatic carbocycles. The number of nitrogens with zero attached hydrogens (tertiary/aromatic N) is 3. The minimum Gasteiger partial charge on any atom is -0.481 e. The predicted molar refractivity (Wildman–Crippen MR) is 67.6 cm³/mol. The standard InChI is InChI=1S/C11H19N5O3/c1-8(3-4-10(17)18)14-11(19)12-6-5-9-13-7-16(2)15-9/h7-8H,3-6H2,1-2H3,(H,17,18)(H2,12,14,19). The van der Waals surface area contributed by atoms with Crippen LogP contribution in [-0.2, 0) is 18.3 Å². The van der Waals surface area contributed by atoms with Gasteiger partial charge in [0.2, 0.25) is 0 Å². The first kappa shape index (κ1) is 14.9. The highest BCUT2D eigenvalue weighted by atomic mass is 16.4. The van der Waals surface area contributed by atoms with Crippen LogP contribution in [0.5, 0.6) is 0 Å². The number of carbonyl (C=O) groups is 2. The van der Waals surface area contributed by atoms with E-state index in [0.29, 0.717) is 25.2 Å². The lowest BCUT2D eigenvalue weighted by atomic mass is 10.2. The molecule has 0 aliphatic heterocycles. The lowest BCUT2D eigenvalue weighted by Crippen LogP contribution is -2.41. The number of amides is 2. The molecular weight excluding hydrogens is 250 g/mol. The summed E-state index contributed by atoms with van der Waals surface area (Å²) in [5, 5.41) is 17.9. The third kappa shape index (κ3) is 6.39. The van der Waals surface area contributed by atoms with Crippen molar-refractivity contribution in [3.05, 3.63) is 12.2 Å². The second kappa shape index (κ2) is 7.34. The summed E-state index contributed by atoms with van der Waals surface area (Å²) >= 11 is 0. The van der Waals surface area contributed by atoms with Crippen LogP contribution < -0.4 is 10.6 Å². The Morgan fingerprint density at radius 1 is 1.53 bits per heavy atom. The fraction of sp³-hybridized carbons (Fsp3) is 0.636. The summed E-state index contributed by atoms with van der Waals surface area (Å²) in [5.41, 5.74) is 0. The Bertz CT molecular complexity index is 432. The van der Waals surface area contributed by atoms with Crippen molar-refractivity contribution in [3.63, 3.8) is 0 Å². The van der Waals surface area contributed by atoms with Gasteiger partial charge in [0.25, 0.3) is 0 Å². The molecule has 0 bridgehead atoms. The maximum atomic E-state index is 11.5.